The van der Waals surface area contributed by atoms with Crippen molar-refractivity contribution in [3.63, 3.8) is 0 Å². The number of methoxy groups -OCH3 is 1. The molecular formula is C14H22ClNO3. The Labute approximate surface area is 119 Å². The minimum Gasteiger partial charge on any atom is -0.493 e. The third kappa shape index (κ3) is 6.25. The van der Waals surface area contributed by atoms with E-state index in [-0.39, 0.29) is 0 Å². The van der Waals surface area contributed by atoms with Gasteiger partial charge in [0.1, 0.15) is 5.75 Å². The van der Waals surface area contributed by atoms with Gasteiger partial charge in [-0.3, -0.25) is 0 Å². The Morgan fingerprint density at radius 3 is 2.74 bits per heavy atom. The first-order chi connectivity index (χ1) is 9.29. The molecule has 1 rings (SSSR count). The third-order valence-corrected chi connectivity index (χ3v) is 2.95. The van der Waals surface area contributed by atoms with E-state index in [1.54, 1.807) is 7.11 Å². The van der Waals surface area contributed by atoms with Gasteiger partial charge in [-0.2, -0.15) is 0 Å². The van der Waals surface area contributed by atoms with Crippen molar-refractivity contribution in [2.24, 2.45) is 5.73 Å². The van der Waals surface area contributed by atoms with Gasteiger partial charge < -0.3 is 19.9 Å². The van der Waals surface area contributed by atoms with Gasteiger partial charge in [0.25, 0.3) is 0 Å². The second kappa shape index (κ2) is 10.0. The van der Waals surface area contributed by atoms with Crippen LogP contribution in [0.1, 0.15) is 12.0 Å². The summed E-state index contributed by atoms with van der Waals surface area (Å²) in [5.74, 6) is 0.815. The number of ether oxygens (including phenoxy) is 3. The third-order valence-electron chi connectivity index (χ3n) is 2.59. The van der Waals surface area contributed by atoms with Crippen molar-refractivity contribution >= 4 is 11.6 Å². The van der Waals surface area contributed by atoms with E-state index in [2.05, 4.69) is 0 Å². The van der Waals surface area contributed by atoms with Crippen LogP contribution >= 0.6 is 11.6 Å². The molecule has 4 nitrogen and oxygen atoms in total. The summed E-state index contributed by atoms with van der Waals surface area (Å²) in [7, 11) is 1.66. The first-order valence-electron chi connectivity index (χ1n) is 6.46. The predicted molar refractivity (Wildman–Crippen MR) is 77.0 cm³/mol. The molecule has 1 aromatic carbocycles. The molecule has 1 aromatic rings. The maximum Gasteiger partial charge on any atom is 0.124 e. The summed E-state index contributed by atoms with van der Waals surface area (Å²) in [5.41, 5.74) is 6.55. The van der Waals surface area contributed by atoms with Crippen LogP contribution in [0.15, 0.2) is 18.2 Å². The Bertz CT molecular complexity index is 361. The summed E-state index contributed by atoms with van der Waals surface area (Å²) >= 11 is 6.13. The van der Waals surface area contributed by atoms with Crippen LogP contribution in [0, 0.1) is 0 Å². The van der Waals surface area contributed by atoms with Crippen molar-refractivity contribution in [2.75, 3.05) is 40.1 Å². The number of halogens is 1. The molecule has 0 heterocycles. The summed E-state index contributed by atoms with van der Waals surface area (Å²) in [6, 6.07) is 5.66. The summed E-state index contributed by atoms with van der Waals surface area (Å²) in [5, 5.41) is 0.708. The van der Waals surface area contributed by atoms with Crippen LogP contribution in [0.5, 0.6) is 5.75 Å². The van der Waals surface area contributed by atoms with Crippen molar-refractivity contribution in [3.8, 4) is 5.75 Å². The highest BCUT2D eigenvalue weighted by molar-refractivity contribution is 6.31. The standard InChI is InChI=1S/C14H22ClNO3/c1-17-10-11-18-8-3-9-19-14-5-2-4-13(15)12(14)6-7-16/h2,4-5H,3,6-11,16H2,1H3. The van der Waals surface area contributed by atoms with E-state index in [4.69, 9.17) is 31.5 Å². The van der Waals surface area contributed by atoms with Gasteiger partial charge in [-0.05, 0) is 25.1 Å². The van der Waals surface area contributed by atoms with Gasteiger partial charge in [-0.15, -0.1) is 0 Å². The van der Waals surface area contributed by atoms with Crippen LogP contribution < -0.4 is 10.5 Å². The number of benzene rings is 1. The normalized spacial score (nSPS) is 10.7. The zero-order chi connectivity index (χ0) is 13.9. The first-order valence-corrected chi connectivity index (χ1v) is 6.84. The van der Waals surface area contributed by atoms with Crippen molar-refractivity contribution in [2.45, 2.75) is 12.8 Å². The second-order valence-corrected chi connectivity index (χ2v) is 4.47. The van der Waals surface area contributed by atoms with Crippen molar-refractivity contribution < 1.29 is 14.2 Å². The Kier molecular flexibility index (Phi) is 8.58. The van der Waals surface area contributed by atoms with Crippen LogP contribution in [0.2, 0.25) is 5.02 Å². The van der Waals surface area contributed by atoms with Gasteiger partial charge in [0.15, 0.2) is 0 Å². The van der Waals surface area contributed by atoms with E-state index in [0.717, 1.165) is 24.2 Å². The molecule has 0 atom stereocenters. The van der Waals surface area contributed by atoms with Crippen molar-refractivity contribution in [1.29, 1.82) is 0 Å². The molecule has 0 spiro atoms. The molecule has 0 saturated carbocycles. The van der Waals surface area contributed by atoms with Crippen LogP contribution in [-0.4, -0.2) is 40.1 Å². The Morgan fingerprint density at radius 1 is 1.16 bits per heavy atom. The smallest absolute Gasteiger partial charge is 0.124 e. The molecule has 19 heavy (non-hydrogen) atoms. The number of hydrogen-bond donors (Lipinski definition) is 1. The zero-order valence-electron chi connectivity index (χ0n) is 11.4. The molecule has 0 fully saturated rings. The van der Waals surface area contributed by atoms with Gasteiger partial charge in [-0.1, -0.05) is 17.7 Å². The molecule has 0 aliphatic rings. The van der Waals surface area contributed by atoms with E-state index in [1.165, 1.54) is 0 Å². The van der Waals surface area contributed by atoms with E-state index >= 15 is 0 Å². The van der Waals surface area contributed by atoms with Gasteiger partial charge in [0.2, 0.25) is 0 Å². The molecule has 0 aliphatic heterocycles. The quantitative estimate of drug-likeness (QED) is 0.671. The Hall–Kier alpha value is -0.810. The molecule has 108 valence electrons. The van der Waals surface area contributed by atoms with Gasteiger partial charge >= 0.3 is 0 Å². The minimum atomic E-state index is 0.556. The maximum atomic E-state index is 6.13. The molecule has 0 radical (unpaired) electrons. The largest absolute Gasteiger partial charge is 0.493 e. The summed E-state index contributed by atoms with van der Waals surface area (Å²) in [6.45, 7) is 3.06. The summed E-state index contributed by atoms with van der Waals surface area (Å²) < 4.78 is 16.0. The fraction of sp³-hybridized carbons (Fsp3) is 0.571. The highest BCUT2D eigenvalue weighted by Crippen LogP contribution is 2.26. The molecule has 0 unspecified atom stereocenters. The monoisotopic (exact) mass is 287 g/mol. The summed E-state index contributed by atoms with van der Waals surface area (Å²) in [4.78, 5) is 0. The van der Waals surface area contributed by atoms with Gasteiger partial charge in [0, 0.05) is 30.7 Å². The van der Waals surface area contributed by atoms with Gasteiger partial charge in [0.05, 0.1) is 19.8 Å². The van der Waals surface area contributed by atoms with Crippen molar-refractivity contribution in [1.82, 2.24) is 0 Å². The van der Waals surface area contributed by atoms with Crippen LogP contribution in [0.3, 0.4) is 0 Å². The number of nitrogens with two attached hydrogens (primary N) is 1. The number of rotatable bonds is 10. The maximum absolute atomic E-state index is 6.13. The lowest BCUT2D eigenvalue weighted by atomic mass is 10.1. The first kappa shape index (κ1) is 16.2. The molecule has 0 bridgehead atoms. The van der Waals surface area contributed by atoms with E-state index < -0.39 is 0 Å². The Balaban J connectivity index is 2.30. The second-order valence-electron chi connectivity index (χ2n) is 4.06. The minimum absolute atomic E-state index is 0.556. The lowest BCUT2D eigenvalue weighted by Gasteiger charge is -2.12. The Morgan fingerprint density at radius 2 is 2.00 bits per heavy atom. The molecular weight excluding hydrogens is 266 g/mol. The van der Waals surface area contributed by atoms with Crippen LogP contribution in [0.25, 0.3) is 0 Å². The zero-order valence-corrected chi connectivity index (χ0v) is 12.1. The van der Waals surface area contributed by atoms with E-state index in [9.17, 15) is 0 Å². The van der Waals surface area contributed by atoms with Crippen molar-refractivity contribution in [3.05, 3.63) is 28.8 Å². The fourth-order valence-electron chi connectivity index (χ4n) is 1.65. The SMILES string of the molecule is COCCOCCCOc1cccc(Cl)c1CCN. The fourth-order valence-corrected chi connectivity index (χ4v) is 1.91. The predicted octanol–water partition coefficient (Wildman–Crippen LogP) is 2.27. The van der Waals surface area contributed by atoms with E-state index in [1.807, 2.05) is 18.2 Å². The molecule has 0 aliphatic carbocycles. The number of hydrogen-bond acceptors (Lipinski definition) is 4. The lowest BCUT2D eigenvalue weighted by molar-refractivity contribution is 0.0644. The molecule has 0 saturated heterocycles. The average Bonchev–Trinajstić information content (AvgIpc) is 2.41. The van der Waals surface area contributed by atoms with Crippen LogP contribution in [0.4, 0.5) is 0 Å². The highest BCUT2D eigenvalue weighted by atomic mass is 35.5. The average molecular weight is 288 g/mol. The van der Waals surface area contributed by atoms with E-state index in [0.29, 0.717) is 38.0 Å². The topological polar surface area (TPSA) is 53.7 Å². The van der Waals surface area contributed by atoms with Gasteiger partial charge in [-0.25, -0.2) is 0 Å². The van der Waals surface area contributed by atoms with Crippen LogP contribution in [-0.2, 0) is 15.9 Å². The molecule has 5 heteroatoms. The molecule has 0 amide bonds. The lowest BCUT2D eigenvalue weighted by Crippen LogP contribution is -2.09. The highest BCUT2D eigenvalue weighted by Gasteiger charge is 2.07. The summed E-state index contributed by atoms with van der Waals surface area (Å²) in [6.07, 6.45) is 1.55. The molecule has 2 N–H and O–H groups in total. The molecule has 0 aromatic heterocycles.